The minimum Gasteiger partial charge on any atom is -0.356 e. The molecule has 3 nitrogen and oxygen atoms in total. The lowest BCUT2D eigenvalue weighted by Gasteiger charge is -2.03. The van der Waals surface area contributed by atoms with E-state index in [9.17, 15) is 9.59 Å². The number of unbranched alkanes of at least 4 members (excludes halogenated alkanes) is 2. The summed E-state index contributed by atoms with van der Waals surface area (Å²) in [6.45, 7) is 2.85. The van der Waals surface area contributed by atoms with Crippen molar-refractivity contribution in [2.24, 2.45) is 0 Å². The van der Waals surface area contributed by atoms with Crippen molar-refractivity contribution in [3.8, 4) is 0 Å². The molecule has 0 aromatic carbocycles. The van der Waals surface area contributed by atoms with Crippen molar-refractivity contribution >= 4 is 23.0 Å². The number of amides is 1. The lowest BCUT2D eigenvalue weighted by Crippen LogP contribution is -2.24. The third kappa shape index (κ3) is 5.63. The minimum absolute atomic E-state index is 0.0222. The summed E-state index contributed by atoms with van der Waals surface area (Å²) in [4.78, 5) is 23.8. The van der Waals surface area contributed by atoms with E-state index in [2.05, 4.69) is 12.2 Å². The molecule has 0 spiro atoms. The fraction of sp³-hybridized carbons (Fsp3) is 0.538. The van der Waals surface area contributed by atoms with E-state index in [0.717, 1.165) is 30.7 Å². The highest BCUT2D eigenvalue weighted by Crippen LogP contribution is 2.12. The van der Waals surface area contributed by atoms with Crippen LogP contribution in [-0.2, 0) is 4.79 Å². The molecule has 1 aromatic heterocycles. The number of ketones is 1. The third-order valence-electron chi connectivity index (χ3n) is 2.48. The first-order valence-corrected chi connectivity index (χ1v) is 6.95. The predicted molar refractivity (Wildman–Crippen MR) is 70.4 cm³/mol. The summed E-state index contributed by atoms with van der Waals surface area (Å²) in [7, 11) is 0. The van der Waals surface area contributed by atoms with Crippen molar-refractivity contribution in [1.82, 2.24) is 5.32 Å². The summed E-state index contributed by atoms with van der Waals surface area (Å²) in [6, 6.07) is 3.65. The Balaban J connectivity index is 2.13. The molecule has 94 valence electrons. The second kappa shape index (κ2) is 8.01. The number of thiophene rings is 1. The molecule has 1 N–H and O–H groups in total. The molecule has 17 heavy (non-hydrogen) atoms. The fourth-order valence-electron chi connectivity index (χ4n) is 1.48. The zero-order valence-corrected chi connectivity index (χ0v) is 11.0. The molecule has 0 atom stereocenters. The minimum atomic E-state index is -0.0222. The van der Waals surface area contributed by atoms with E-state index in [1.165, 1.54) is 11.3 Å². The smallest absolute Gasteiger partial charge is 0.220 e. The van der Waals surface area contributed by atoms with Crippen LogP contribution in [0.4, 0.5) is 0 Å². The molecule has 1 amide bonds. The number of hydrogen-bond donors (Lipinski definition) is 1. The normalized spacial score (nSPS) is 10.2. The van der Waals surface area contributed by atoms with Crippen molar-refractivity contribution in [2.75, 3.05) is 6.54 Å². The van der Waals surface area contributed by atoms with Crippen LogP contribution in [0, 0.1) is 0 Å². The number of nitrogens with one attached hydrogen (secondary N) is 1. The largest absolute Gasteiger partial charge is 0.356 e. The summed E-state index contributed by atoms with van der Waals surface area (Å²) in [6.07, 6.45) is 3.89. The zero-order valence-electron chi connectivity index (χ0n) is 10.2. The van der Waals surface area contributed by atoms with Gasteiger partial charge in [-0.15, -0.1) is 11.3 Å². The second-order valence-electron chi connectivity index (χ2n) is 3.96. The summed E-state index contributed by atoms with van der Waals surface area (Å²) in [5.41, 5.74) is 0. The lowest BCUT2D eigenvalue weighted by molar-refractivity contribution is -0.121. The molecule has 0 aliphatic rings. The van der Waals surface area contributed by atoms with E-state index in [1.807, 2.05) is 11.4 Å². The fourth-order valence-corrected chi connectivity index (χ4v) is 2.17. The van der Waals surface area contributed by atoms with Crippen LogP contribution in [0.5, 0.6) is 0 Å². The van der Waals surface area contributed by atoms with Gasteiger partial charge in [0.25, 0.3) is 0 Å². The molecule has 0 bridgehead atoms. The Hall–Kier alpha value is -1.16. The number of carbonyl (C=O) groups is 2. The molecular weight excluding hydrogens is 234 g/mol. The highest BCUT2D eigenvalue weighted by Gasteiger charge is 2.09. The van der Waals surface area contributed by atoms with Crippen LogP contribution in [0.15, 0.2) is 17.5 Å². The van der Waals surface area contributed by atoms with Gasteiger partial charge in [-0.1, -0.05) is 25.8 Å². The highest BCUT2D eigenvalue weighted by molar-refractivity contribution is 7.12. The van der Waals surface area contributed by atoms with Crippen LogP contribution in [-0.4, -0.2) is 18.2 Å². The molecule has 0 saturated carbocycles. The zero-order chi connectivity index (χ0) is 12.5. The standard InChI is InChI=1S/C13H19NO2S/c1-2-3-4-9-14-13(16)8-7-11(15)12-6-5-10-17-12/h5-6,10H,2-4,7-9H2,1H3,(H,14,16). The van der Waals surface area contributed by atoms with Gasteiger partial charge in [0.05, 0.1) is 4.88 Å². The number of Topliss-reactive ketones (excluding diaryl/α,β-unsaturated/α-hetero) is 1. The van der Waals surface area contributed by atoms with Gasteiger partial charge in [-0.2, -0.15) is 0 Å². The van der Waals surface area contributed by atoms with E-state index in [0.29, 0.717) is 12.8 Å². The monoisotopic (exact) mass is 253 g/mol. The Bertz CT molecular complexity index is 346. The lowest BCUT2D eigenvalue weighted by atomic mass is 10.2. The van der Waals surface area contributed by atoms with Gasteiger partial charge in [-0.25, -0.2) is 0 Å². The van der Waals surface area contributed by atoms with E-state index in [4.69, 9.17) is 0 Å². The molecule has 0 fully saturated rings. The van der Waals surface area contributed by atoms with Gasteiger partial charge in [0, 0.05) is 19.4 Å². The summed E-state index contributed by atoms with van der Waals surface area (Å²) >= 11 is 1.43. The van der Waals surface area contributed by atoms with Crippen molar-refractivity contribution < 1.29 is 9.59 Å². The Kier molecular flexibility index (Phi) is 6.55. The van der Waals surface area contributed by atoms with E-state index in [1.54, 1.807) is 6.07 Å². The molecule has 1 rings (SSSR count). The van der Waals surface area contributed by atoms with Crippen LogP contribution in [0.3, 0.4) is 0 Å². The predicted octanol–water partition coefficient (Wildman–Crippen LogP) is 3.02. The molecule has 0 unspecified atom stereocenters. The Morgan fingerprint density at radius 1 is 1.29 bits per heavy atom. The van der Waals surface area contributed by atoms with Gasteiger partial charge in [-0.3, -0.25) is 9.59 Å². The van der Waals surface area contributed by atoms with Crippen LogP contribution in [0.25, 0.3) is 0 Å². The van der Waals surface area contributed by atoms with Gasteiger partial charge < -0.3 is 5.32 Å². The first kappa shape index (κ1) is 13.9. The molecule has 1 aromatic rings. The van der Waals surface area contributed by atoms with E-state index in [-0.39, 0.29) is 11.7 Å². The molecule has 0 aliphatic heterocycles. The van der Waals surface area contributed by atoms with Gasteiger partial charge >= 0.3 is 0 Å². The molecule has 1 heterocycles. The van der Waals surface area contributed by atoms with Crippen LogP contribution in [0.1, 0.15) is 48.7 Å². The quantitative estimate of drug-likeness (QED) is 0.572. The van der Waals surface area contributed by atoms with Gasteiger partial charge in [-0.05, 0) is 17.9 Å². The summed E-state index contributed by atoms with van der Waals surface area (Å²) < 4.78 is 0. The van der Waals surface area contributed by atoms with Crippen molar-refractivity contribution in [3.05, 3.63) is 22.4 Å². The number of hydrogen-bond acceptors (Lipinski definition) is 3. The van der Waals surface area contributed by atoms with Crippen molar-refractivity contribution in [2.45, 2.75) is 39.0 Å². The number of rotatable bonds is 8. The average molecular weight is 253 g/mol. The summed E-state index contributed by atoms with van der Waals surface area (Å²) in [5, 5.41) is 4.70. The molecule has 0 aliphatic carbocycles. The van der Waals surface area contributed by atoms with Crippen LogP contribution >= 0.6 is 11.3 Å². The topological polar surface area (TPSA) is 46.2 Å². The summed E-state index contributed by atoms with van der Waals surface area (Å²) in [5.74, 6) is 0.0368. The third-order valence-corrected chi connectivity index (χ3v) is 3.39. The Morgan fingerprint density at radius 3 is 2.76 bits per heavy atom. The number of carbonyl (C=O) groups excluding carboxylic acids is 2. The highest BCUT2D eigenvalue weighted by atomic mass is 32.1. The molecule has 0 saturated heterocycles. The van der Waals surface area contributed by atoms with Crippen molar-refractivity contribution in [1.29, 1.82) is 0 Å². The van der Waals surface area contributed by atoms with Crippen molar-refractivity contribution in [3.63, 3.8) is 0 Å². The maximum Gasteiger partial charge on any atom is 0.220 e. The Morgan fingerprint density at radius 2 is 2.12 bits per heavy atom. The van der Waals surface area contributed by atoms with Crippen LogP contribution < -0.4 is 5.32 Å². The van der Waals surface area contributed by atoms with Gasteiger partial charge in [0.2, 0.25) is 5.91 Å². The Labute approximate surface area is 106 Å². The van der Waals surface area contributed by atoms with E-state index >= 15 is 0 Å². The van der Waals surface area contributed by atoms with E-state index < -0.39 is 0 Å². The second-order valence-corrected chi connectivity index (χ2v) is 4.91. The average Bonchev–Trinajstić information content (AvgIpc) is 2.85. The SMILES string of the molecule is CCCCCNC(=O)CCC(=O)c1cccs1. The molecular formula is C13H19NO2S. The van der Waals surface area contributed by atoms with Crippen LogP contribution in [0.2, 0.25) is 0 Å². The molecule has 0 radical (unpaired) electrons. The maximum atomic E-state index is 11.6. The van der Waals surface area contributed by atoms with Gasteiger partial charge in [0.1, 0.15) is 0 Å². The molecule has 4 heteroatoms. The van der Waals surface area contributed by atoms with Gasteiger partial charge in [0.15, 0.2) is 5.78 Å². The first-order valence-electron chi connectivity index (χ1n) is 6.07. The maximum absolute atomic E-state index is 11.6. The first-order chi connectivity index (χ1) is 8.24.